The predicted molar refractivity (Wildman–Crippen MR) is 67.1 cm³/mol. The van der Waals surface area contributed by atoms with E-state index < -0.39 is 0 Å². The van der Waals surface area contributed by atoms with E-state index in [-0.39, 0.29) is 17.9 Å². The molecule has 0 radical (unpaired) electrons. The standard InChI is InChI=1S/C12H23N3O2/c1-12(2,3)10(13)8-14-9-11(16)15-4-6-17-7-5-15/h8,14H,4-7,9,13H2,1-3H3/b10-8-. The molecule has 1 saturated heterocycles. The molecule has 0 atom stereocenters. The lowest BCUT2D eigenvalue weighted by molar-refractivity contribution is -0.134. The van der Waals surface area contributed by atoms with Crippen molar-refractivity contribution < 1.29 is 9.53 Å². The fraction of sp³-hybridized carbons (Fsp3) is 0.750. The van der Waals surface area contributed by atoms with Gasteiger partial charge in [0.05, 0.1) is 19.8 Å². The Balaban J connectivity index is 2.33. The van der Waals surface area contributed by atoms with Crippen molar-refractivity contribution >= 4 is 5.91 Å². The van der Waals surface area contributed by atoms with E-state index in [4.69, 9.17) is 10.5 Å². The summed E-state index contributed by atoms with van der Waals surface area (Å²) < 4.78 is 5.19. The van der Waals surface area contributed by atoms with Crippen LogP contribution in [0, 0.1) is 5.41 Å². The molecule has 1 aliphatic heterocycles. The van der Waals surface area contributed by atoms with Gasteiger partial charge in [0.15, 0.2) is 0 Å². The molecule has 5 heteroatoms. The second-order valence-corrected chi connectivity index (χ2v) is 5.22. The molecule has 0 aromatic carbocycles. The Hall–Kier alpha value is -1.23. The van der Waals surface area contributed by atoms with Gasteiger partial charge < -0.3 is 20.7 Å². The number of hydrogen-bond donors (Lipinski definition) is 2. The molecule has 3 N–H and O–H groups in total. The van der Waals surface area contributed by atoms with E-state index in [9.17, 15) is 4.79 Å². The van der Waals surface area contributed by atoms with Gasteiger partial charge in [-0.25, -0.2) is 0 Å². The van der Waals surface area contributed by atoms with Crippen LogP contribution in [0.5, 0.6) is 0 Å². The fourth-order valence-electron chi connectivity index (χ4n) is 1.39. The molecule has 1 heterocycles. The summed E-state index contributed by atoms with van der Waals surface area (Å²) in [5, 5.41) is 2.97. The molecular formula is C12H23N3O2. The van der Waals surface area contributed by atoms with Crippen LogP contribution in [-0.4, -0.2) is 43.7 Å². The molecule has 0 spiro atoms. The quantitative estimate of drug-likeness (QED) is 0.745. The van der Waals surface area contributed by atoms with Crippen LogP contribution in [0.2, 0.25) is 0 Å². The summed E-state index contributed by atoms with van der Waals surface area (Å²) in [7, 11) is 0. The monoisotopic (exact) mass is 241 g/mol. The van der Waals surface area contributed by atoms with Gasteiger partial charge in [0, 0.05) is 30.4 Å². The molecule has 5 nitrogen and oxygen atoms in total. The van der Waals surface area contributed by atoms with Gasteiger partial charge in [0.1, 0.15) is 0 Å². The summed E-state index contributed by atoms with van der Waals surface area (Å²) in [5.74, 6) is 0.0891. The first kappa shape index (κ1) is 13.8. The van der Waals surface area contributed by atoms with Crippen LogP contribution in [-0.2, 0) is 9.53 Å². The Labute approximate surface area is 103 Å². The molecule has 98 valence electrons. The summed E-state index contributed by atoms with van der Waals surface area (Å²) in [4.78, 5) is 13.6. The Morgan fingerprint density at radius 1 is 1.41 bits per heavy atom. The Bertz CT molecular complexity index is 289. The van der Waals surface area contributed by atoms with Crippen LogP contribution in [0.3, 0.4) is 0 Å². The van der Waals surface area contributed by atoms with Crippen molar-refractivity contribution in [1.82, 2.24) is 10.2 Å². The molecule has 0 aromatic rings. The van der Waals surface area contributed by atoms with E-state index in [0.29, 0.717) is 26.3 Å². The summed E-state index contributed by atoms with van der Waals surface area (Å²) in [5.41, 5.74) is 6.54. The van der Waals surface area contributed by atoms with Gasteiger partial charge in [-0.15, -0.1) is 0 Å². The number of nitrogens with two attached hydrogens (primary N) is 1. The lowest BCUT2D eigenvalue weighted by atomic mass is 9.93. The minimum Gasteiger partial charge on any atom is -0.400 e. The number of carbonyl (C=O) groups is 1. The van der Waals surface area contributed by atoms with Gasteiger partial charge in [0.2, 0.25) is 5.91 Å². The molecule has 1 rings (SSSR count). The minimum atomic E-state index is -0.0744. The molecule has 0 bridgehead atoms. The van der Waals surface area contributed by atoms with Gasteiger partial charge in [-0.2, -0.15) is 0 Å². The Morgan fingerprint density at radius 3 is 2.53 bits per heavy atom. The van der Waals surface area contributed by atoms with Crippen LogP contribution in [0.25, 0.3) is 0 Å². The average Bonchev–Trinajstić information content (AvgIpc) is 2.28. The Morgan fingerprint density at radius 2 is 2.00 bits per heavy atom. The maximum Gasteiger partial charge on any atom is 0.242 e. The molecule has 1 fully saturated rings. The van der Waals surface area contributed by atoms with Crippen LogP contribution < -0.4 is 11.1 Å². The van der Waals surface area contributed by atoms with E-state index in [1.807, 2.05) is 20.8 Å². The topological polar surface area (TPSA) is 67.6 Å². The third-order valence-electron chi connectivity index (χ3n) is 2.74. The molecule has 1 amide bonds. The highest BCUT2D eigenvalue weighted by Crippen LogP contribution is 2.19. The lowest BCUT2D eigenvalue weighted by Crippen LogP contribution is -2.44. The van der Waals surface area contributed by atoms with Crippen molar-refractivity contribution in [2.75, 3.05) is 32.8 Å². The highest BCUT2D eigenvalue weighted by atomic mass is 16.5. The summed E-state index contributed by atoms with van der Waals surface area (Å²) in [6.45, 7) is 9.01. The minimum absolute atomic E-state index is 0.0744. The van der Waals surface area contributed by atoms with Crippen molar-refractivity contribution in [2.45, 2.75) is 20.8 Å². The number of rotatable bonds is 3. The van der Waals surface area contributed by atoms with E-state index in [2.05, 4.69) is 5.32 Å². The molecule has 0 aliphatic carbocycles. The SMILES string of the molecule is CC(C)(C)/C(N)=C/NCC(=O)N1CCOCC1. The number of ether oxygens (including phenoxy) is 1. The number of amides is 1. The molecule has 0 unspecified atom stereocenters. The number of nitrogens with zero attached hydrogens (tertiary/aromatic N) is 1. The first-order valence-electron chi connectivity index (χ1n) is 5.96. The third kappa shape index (κ3) is 4.65. The van der Waals surface area contributed by atoms with Crippen molar-refractivity contribution in [2.24, 2.45) is 11.1 Å². The Kier molecular flexibility index (Phi) is 4.81. The summed E-state index contributed by atoms with van der Waals surface area (Å²) >= 11 is 0. The number of hydrogen-bond acceptors (Lipinski definition) is 4. The maximum absolute atomic E-state index is 11.8. The van der Waals surface area contributed by atoms with E-state index in [1.54, 1.807) is 11.1 Å². The highest BCUT2D eigenvalue weighted by molar-refractivity contribution is 5.78. The van der Waals surface area contributed by atoms with Gasteiger partial charge in [-0.3, -0.25) is 4.79 Å². The van der Waals surface area contributed by atoms with Crippen LogP contribution in [0.4, 0.5) is 0 Å². The first-order valence-corrected chi connectivity index (χ1v) is 5.96. The van der Waals surface area contributed by atoms with Gasteiger partial charge in [-0.05, 0) is 0 Å². The third-order valence-corrected chi connectivity index (χ3v) is 2.74. The number of carbonyl (C=O) groups excluding carboxylic acids is 1. The zero-order chi connectivity index (χ0) is 12.9. The second kappa shape index (κ2) is 5.91. The van der Waals surface area contributed by atoms with Crippen molar-refractivity contribution in [3.8, 4) is 0 Å². The van der Waals surface area contributed by atoms with E-state index >= 15 is 0 Å². The zero-order valence-electron chi connectivity index (χ0n) is 11.0. The molecule has 17 heavy (non-hydrogen) atoms. The largest absolute Gasteiger partial charge is 0.400 e. The van der Waals surface area contributed by atoms with Crippen molar-refractivity contribution in [3.05, 3.63) is 11.9 Å². The summed E-state index contributed by atoms with van der Waals surface area (Å²) in [6.07, 6.45) is 1.72. The van der Waals surface area contributed by atoms with Crippen molar-refractivity contribution in [1.29, 1.82) is 0 Å². The van der Waals surface area contributed by atoms with Crippen LogP contribution in [0.1, 0.15) is 20.8 Å². The van der Waals surface area contributed by atoms with Crippen LogP contribution >= 0.6 is 0 Å². The van der Waals surface area contributed by atoms with Gasteiger partial charge in [-0.1, -0.05) is 20.8 Å². The summed E-state index contributed by atoms with van der Waals surface area (Å²) in [6, 6.07) is 0. The maximum atomic E-state index is 11.8. The van der Waals surface area contributed by atoms with E-state index in [0.717, 1.165) is 5.70 Å². The average molecular weight is 241 g/mol. The van der Waals surface area contributed by atoms with Crippen LogP contribution in [0.15, 0.2) is 11.9 Å². The highest BCUT2D eigenvalue weighted by Gasteiger charge is 2.16. The predicted octanol–water partition coefficient (Wildman–Crippen LogP) is 0.281. The first-order chi connectivity index (χ1) is 7.91. The number of morpholine rings is 1. The molecular weight excluding hydrogens is 218 g/mol. The molecule has 0 aromatic heterocycles. The molecule has 1 aliphatic rings. The number of nitrogens with one attached hydrogen (secondary N) is 1. The number of allylic oxidation sites excluding steroid dienone is 1. The normalized spacial score (nSPS) is 18.1. The zero-order valence-corrected chi connectivity index (χ0v) is 11.0. The van der Waals surface area contributed by atoms with Crippen molar-refractivity contribution in [3.63, 3.8) is 0 Å². The lowest BCUT2D eigenvalue weighted by Gasteiger charge is -2.27. The second-order valence-electron chi connectivity index (χ2n) is 5.22. The fourth-order valence-corrected chi connectivity index (χ4v) is 1.39. The van der Waals surface area contributed by atoms with Gasteiger partial charge in [0.25, 0.3) is 0 Å². The van der Waals surface area contributed by atoms with E-state index in [1.165, 1.54) is 0 Å². The van der Waals surface area contributed by atoms with Gasteiger partial charge >= 0.3 is 0 Å². The smallest absolute Gasteiger partial charge is 0.242 e. The molecule has 0 saturated carbocycles.